The summed E-state index contributed by atoms with van der Waals surface area (Å²) in [5.41, 5.74) is 5.57. The van der Waals surface area contributed by atoms with E-state index in [2.05, 4.69) is 21.7 Å². The van der Waals surface area contributed by atoms with Gasteiger partial charge in [-0.25, -0.2) is 4.68 Å². The van der Waals surface area contributed by atoms with Gasteiger partial charge < -0.3 is 9.47 Å². The Bertz CT molecular complexity index is 1100. The fourth-order valence-electron chi connectivity index (χ4n) is 2.67. The first-order valence-electron chi connectivity index (χ1n) is 8.86. The van der Waals surface area contributed by atoms with Gasteiger partial charge in [0.1, 0.15) is 17.3 Å². The predicted molar refractivity (Wildman–Crippen MR) is 114 cm³/mol. The van der Waals surface area contributed by atoms with Crippen LogP contribution in [0.25, 0.3) is 0 Å². The number of hydrogen-bond acceptors (Lipinski definition) is 6. The van der Waals surface area contributed by atoms with E-state index in [0.29, 0.717) is 29.4 Å². The zero-order valence-electron chi connectivity index (χ0n) is 16.3. The van der Waals surface area contributed by atoms with Crippen LogP contribution in [0.1, 0.15) is 16.7 Å². The number of aryl methyl sites for hydroxylation is 2. The van der Waals surface area contributed by atoms with Crippen molar-refractivity contribution in [1.29, 1.82) is 0 Å². The Morgan fingerprint density at radius 3 is 2.83 bits per heavy atom. The maximum Gasteiger partial charge on any atom is 0.287 e. The first-order chi connectivity index (χ1) is 14.0. The first kappa shape index (κ1) is 20.4. The summed E-state index contributed by atoms with van der Waals surface area (Å²) in [4.78, 5) is 11.8. The molecule has 0 fully saturated rings. The molecule has 7 nitrogen and oxygen atoms in total. The number of rotatable bonds is 7. The number of nitrogens with zero attached hydrogens (tertiary/aromatic N) is 3. The molecule has 8 heteroatoms. The SMILES string of the molecule is COc1cccc(/C=N\Nc2cnn(C)c(=O)c2Cl)c1OCc1cccc(C)c1. The van der Waals surface area contributed by atoms with Crippen molar-refractivity contribution in [3.8, 4) is 11.5 Å². The molecule has 3 aromatic rings. The summed E-state index contributed by atoms with van der Waals surface area (Å²) < 4.78 is 12.6. The van der Waals surface area contributed by atoms with Gasteiger partial charge >= 0.3 is 0 Å². The fraction of sp³-hybridized carbons (Fsp3) is 0.190. The van der Waals surface area contributed by atoms with E-state index in [9.17, 15) is 4.79 Å². The van der Waals surface area contributed by atoms with Crippen molar-refractivity contribution in [2.75, 3.05) is 12.5 Å². The normalized spacial score (nSPS) is 10.9. The highest BCUT2D eigenvalue weighted by molar-refractivity contribution is 6.32. The van der Waals surface area contributed by atoms with Crippen LogP contribution < -0.4 is 20.5 Å². The van der Waals surface area contributed by atoms with Crippen molar-refractivity contribution >= 4 is 23.5 Å². The molecule has 0 atom stereocenters. The van der Waals surface area contributed by atoms with Crippen LogP contribution in [-0.4, -0.2) is 23.1 Å². The molecule has 2 aromatic carbocycles. The number of methoxy groups -OCH3 is 1. The highest BCUT2D eigenvalue weighted by atomic mass is 35.5. The molecule has 0 saturated carbocycles. The third-order valence-electron chi connectivity index (χ3n) is 4.16. The largest absolute Gasteiger partial charge is 0.493 e. The molecular formula is C21H21ClN4O3. The van der Waals surface area contributed by atoms with Gasteiger partial charge in [-0.2, -0.15) is 10.2 Å². The van der Waals surface area contributed by atoms with E-state index in [1.165, 1.54) is 13.2 Å². The van der Waals surface area contributed by atoms with Gasteiger partial charge in [-0.3, -0.25) is 10.2 Å². The summed E-state index contributed by atoms with van der Waals surface area (Å²) in [5.74, 6) is 1.16. The third kappa shape index (κ3) is 4.94. The lowest BCUT2D eigenvalue weighted by Gasteiger charge is -2.13. The Kier molecular flexibility index (Phi) is 6.51. The third-order valence-corrected chi connectivity index (χ3v) is 4.53. The average Bonchev–Trinajstić information content (AvgIpc) is 2.72. The first-order valence-corrected chi connectivity index (χ1v) is 9.23. The van der Waals surface area contributed by atoms with Crippen molar-refractivity contribution < 1.29 is 9.47 Å². The summed E-state index contributed by atoms with van der Waals surface area (Å²) in [6.45, 7) is 2.42. The smallest absolute Gasteiger partial charge is 0.287 e. The predicted octanol–water partition coefficient (Wildman–Crippen LogP) is 3.78. The summed E-state index contributed by atoms with van der Waals surface area (Å²) >= 11 is 6.04. The van der Waals surface area contributed by atoms with Crippen molar-refractivity contribution in [1.82, 2.24) is 9.78 Å². The van der Waals surface area contributed by atoms with Crippen LogP contribution in [-0.2, 0) is 13.7 Å². The summed E-state index contributed by atoms with van der Waals surface area (Å²) in [6.07, 6.45) is 3.00. The molecule has 0 radical (unpaired) electrons. The zero-order valence-corrected chi connectivity index (χ0v) is 17.1. The zero-order chi connectivity index (χ0) is 20.8. The van der Waals surface area contributed by atoms with Gasteiger partial charge in [-0.15, -0.1) is 0 Å². The van der Waals surface area contributed by atoms with Gasteiger partial charge in [0.25, 0.3) is 5.56 Å². The molecule has 0 amide bonds. The van der Waals surface area contributed by atoms with E-state index in [0.717, 1.165) is 15.8 Å². The van der Waals surface area contributed by atoms with Gasteiger partial charge in [0.15, 0.2) is 11.5 Å². The quantitative estimate of drug-likeness (QED) is 0.472. The molecule has 0 aliphatic rings. The van der Waals surface area contributed by atoms with E-state index >= 15 is 0 Å². The summed E-state index contributed by atoms with van der Waals surface area (Å²) in [6, 6.07) is 13.6. The molecule has 29 heavy (non-hydrogen) atoms. The van der Waals surface area contributed by atoms with Gasteiger partial charge in [-0.05, 0) is 24.6 Å². The minimum Gasteiger partial charge on any atom is -0.493 e. The maximum absolute atomic E-state index is 11.8. The highest BCUT2D eigenvalue weighted by Gasteiger charge is 2.10. The standard InChI is InChI=1S/C21H21ClN4O3/c1-14-6-4-7-15(10-14)13-29-20-16(8-5-9-18(20)28-3)11-23-25-17-12-24-26(2)21(27)19(17)22/h4-12,25H,13H2,1-3H3/b23-11-. The molecule has 3 rings (SSSR count). The molecular weight excluding hydrogens is 392 g/mol. The van der Waals surface area contributed by atoms with E-state index in [1.54, 1.807) is 13.3 Å². The Balaban J connectivity index is 1.81. The van der Waals surface area contributed by atoms with Gasteiger partial charge in [0, 0.05) is 12.6 Å². The number of halogens is 1. The second kappa shape index (κ2) is 9.25. The lowest BCUT2D eigenvalue weighted by atomic mass is 10.1. The number of anilines is 1. The summed E-state index contributed by atoms with van der Waals surface area (Å²) in [7, 11) is 3.11. The van der Waals surface area contributed by atoms with Crippen LogP contribution in [0.5, 0.6) is 11.5 Å². The van der Waals surface area contributed by atoms with E-state index in [-0.39, 0.29) is 5.02 Å². The van der Waals surface area contributed by atoms with Crippen molar-refractivity contribution in [2.24, 2.45) is 12.1 Å². The minimum absolute atomic E-state index is 0.0150. The average molecular weight is 413 g/mol. The van der Waals surface area contributed by atoms with Crippen LogP contribution >= 0.6 is 11.6 Å². The van der Waals surface area contributed by atoms with Gasteiger partial charge in [-0.1, -0.05) is 47.5 Å². The van der Waals surface area contributed by atoms with E-state index in [4.69, 9.17) is 21.1 Å². The number of hydrazone groups is 1. The number of para-hydroxylation sites is 1. The number of aromatic nitrogens is 2. The molecule has 0 aliphatic carbocycles. The number of ether oxygens (including phenoxy) is 2. The molecule has 1 N–H and O–H groups in total. The lowest BCUT2D eigenvalue weighted by Crippen LogP contribution is -2.20. The second-order valence-electron chi connectivity index (χ2n) is 6.33. The van der Waals surface area contributed by atoms with E-state index in [1.807, 2.05) is 43.3 Å². The summed E-state index contributed by atoms with van der Waals surface area (Å²) in [5, 5.41) is 8.10. The topological polar surface area (TPSA) is 77.7 Å². The Labute approximate surface area is 173 Å². The molecule has 0 saturated heterocycles. The van der Waals surface area contributed by atoms with Crippen LogP contribution in [0.4, 0.5) is 5.69 Å². The number of nitrogens with one attached hydrogen (secondary N) is 1. The Morgan fingerprint density at radius 1 is 1.28 bits per heavy atom. The molecule has 0 bridgehead atoms. The van der Waals surface area contributed by atoms with E-state index < -0.39 is 5.56 Å². The molecule has 0 spiro atoms. The Hall–Kier alpha value is -3.32. The number of benzene rings is 2. The van der Waals surface area contributed by atoms with Crippen LogP contribution in [0.15, 0.2) is 58.6 Å². The van der Waals surface area contributed by atoms with Crippen LogP contribution in [0.2, 0.25) is 5.02 Å². The van der Waals surface area contributed by atoms with Crippen molar-refractivity contribution in [3.05, 3.63) is 80.7 Å². The molecule has 0 aliphatic heterocycles. The highest BCUT2D eigenvalue weighted by Crippen LogP contribution is 2.31. The second-order valence-corrected chi connectivity index (χ2v) is 6.71. The van der Waals surface area contributed by atoms with Gasteiger partial charge in [0.05, 0.1) is 19.5 Å². The molecule has 0 unspecified atom stereocenters. The number of hydrogen-bond donors (Lipinski definition) is 1. The monoisotopic (exact) mass is 412 g/mol. The maximum atomic E-state index is 11.8. The fourth-order valence-corrected chi connectivity index (χ4v) is 2.88. The Morgan fingerprint density at radius 2 is 2.07 bits per heavy atom. The van der Waals surface area contributed by atoms with Crippen LogP contribution in [0, 0.1) is 6.92 Å². The van der Waals surface area contributed by atoms with Gasteiger partial charge in [0.2, 0.25) is 0 Å². The van der Waals surface area contributed by atoms with Crippen LogP contribution in [0.3, 0.4) is 0 Å². The van der Waals surface area contributed by atoms with Crippen molar-refractivity contribution in [3.63, 3.8) is 0 Å². The molecule has 1 aromatic heterocycles. The molecule has 150 valence electrons. The minimum atomic E-state index is -0.407. The lowest BCUT2D eigenvalue weighted by molar-refractivity contribution is 0.284. The molecule has 1 heterocycles. The van der Waals surface area contributed by atoms with Crippen molar-refractivity contribution in [2.45, 2.75) is 13.5 Å².